The number of amides is 1. The van der Waals surface area contributed by atoms with E-state index in [1.165, 1.54) is 0 Å². The number of amidine groups is 2. The van der Waals surface area contributed by atoms with E-state index >= 15 is 0 Å². The molecule has 1 amide bonds. The topological polar surface area (TPSA) is 153 Å². The third-order valence-electron chi connectivity index (χ3n) is 5.53. The highest BCUT2D eigenvalue weighted by molar-refractivity contribution is 6.18. The lowest BCUT2D eigenvalue weighted by Gasteiger charge is -2.24. The number of nitrogens with zero attached hydrogens (tertiary/aromatic N) is 2. The first-order valence-corrected chi connectivity index (χ1v) is 12.5. The zero-order chi connectivity index (χ0) is 25.8. The van der Waals surface area contributed by atoms with Gasteiger partial charge in [0, 0.05) is 31.3 Å². The minimum absolute atomic E-state index is 0.0711. The van der Waals surface area contributed by atoms with Gasteiger partial charge < -0.3 is 27.3 Å². The van der Waals surface area contributed by atoms with Crippen molar-refractivity contribution in [3.63, 3.8) is 0 Å². The molecule has 3 atom stereocenters. The normalized spacial score (nSPS) is 18.1. The van der Waals surface area contributed by atoms with Crippen molar-refractivity contribution in [2.45, 2.75) is 39.9 Å². The van der Waals surface area contributed by atoms with Crippen molar-refractivity contribution in [1.82, 2.24) is 10.6 Å². The molecule has 0 bridgehead atoms. The maximum atomic E-state index is 12.3. The molecule has 2 rings (SSSR count). The fraction of sp³-hybridized carbons (Fsp3) is 0.560. The predicted octanol–water partition coefficient (Wildman–Crippen LogP) is 1.75. The van der Waals surface area contributed by atoms with Crippen LogP contribution >= 0.6 is 11.6 Å². The molecule has 0 saturated carbocycles. The van der Waals surface area contributed by atoms with Gasteiger partial charge in [-0.1, -0.05) is 39.0 Å². The number of ether oxygens (including phenoxy) is 1. The van der Waals surface area contributed by atoms with E-state index < -0.39 is 0 Å². The average molecular weight is 506 g/mol. The highest BCUT2D eigenvalue weighted by atomic mass is 35.5. The molecule has 0 saturated heterocycles. The summed E-state index contributed by atoms with van der Waals surface area (Å²) in [6, 6.07) is 7.84. The lowest BCUT2D eigenvalue weighted by atomic mass is 9.93. The highest BCUT2D eigenvalue weighted by Gasteiger charge is 2.22. The Bertz CT molecular complexity index is 900. The number of alkyl halides is 1. The molecule has 9 nitrogen and oxygen atoms in total. The van der Waals surface area contributed by atoms with Crippen LogP contribution in [0, 0.1) is 17.3 Å². The van der Waals surface area contributed by atoms with Gasteiger partial charge in [-0.2, -0.15) is 0 Å². The Morgan fingerprint density at radius 2 is 2.06 bits per heavy atom. The molecular formula is C25H40ClN7O2. The summed E-state index contributed by atoms with van der Waals surface area (Å²) in [7, 11) is 0. The van der Waals surface area contributed by atoms with Crippen molar-refractivity contribution >= 4 is 29.2 Å². The Morgan fingerprint density at radius 3 is 2.66 bits per heavy atom. The number of halogens is 1. The minimum atomic E-state index is -0.364. The summed E-state index contributed by atoms with van der Waals surface area (Å²) in [4.78, 5) is 21.1. The van der Waals surface area contributed by atoms with Gasteiger partial charge in [0.05, 0.1) is 25.2 Å². The van der Waals surface area contributed by atoms with Crippen molar-refractivity contribution in [2.24, 2.45) is 44.4 Å². The molecule has 35 heavy (non-hydrogen) atoms. The van der Waals surface area contributed by atoms with Crippen LogP contribution in [0.25, 0.3) is 0 Å². The maximum Gasteiger partial charge on any atom is 0.228 e. The SMILES string of the molecule is CC(CCl)COc1ccc(CNC(N)CC(N)=NC2=NCC(C(=O)NCC(C)(C)CN)C=C2)cc1. The Labute approximate surface area is 213 Å². The molecular weight excluding hydrogens is 466 g/mol. The quantitative estimate of drug-likeness (QED) is 0.119. The number of carbonyl (C=O) groups is 1. The van der Waals surface area contributed by atoms with Gasteiger partial charge in [0.15, 0.2) is 0 Å². The molecule has 8 N–H and O–H groups in total. The van der Waals surface area contributed by atoms with Crippen LogP contribution in [0.1, 0.15) is 32.8 Å². The van der Waals surface area contributed by atoms with Crippen molar-refractivity contribution in [2.75, 3.05) is 32.1 Å². The van der Waals surface area contributed by atoms with Crippen LogP contribution < -0.4 is 32.6 Å². The lowest BCUT2D eigenvalue weighted by molar-refractivity contribution is -0.123. The summed E-state index contributed by atoms with van der Waals surface area (Å²) in [5, 5.41) is 6.17. The van der Waals surface area contributed by atoms with E-state index in [0.29, 0.717) is 62.7 Å². The van der Waals surface area contributed by atoms with E-state index in [4.69, 9.17) is 33.5 Å². The number of hydrogen-bond acceptors (Lipinski definition) is 7. The Balaban J connectivity index is 1.74. The van der Waals surface area contributed by atoms with Gasteiger partial charge in [-0.3, -0.25) is 15.1 Å². The predicted molar refractivity (Wildman–Crippen MR) is 144 cm³/mol. The van der Waals surface area contributed by atoms with Gasteiger partial charge in [-0.25, -0.2) is 4.99 Å². The Kier molecular flexibility index (Phi) is 11.7. The molecule has 1 aromatic carbocycles. The van der Waals surface area contributed by atoms with Crippen LogP contribution in [0.3, 0.4) is 0 Å². The van der Waals surface area contributed by atoms with E-state index in [1.54, 1.807) is 12.2 Å². The molecule has 0 radical (unpaired) electrons. The van der Waals surface area contributed by atoms with Crippen molar-refractivity contribution in [3.8, 4) is 5.75 Å². The average Bonchev–Trinajstić information content (AvgIpc) is 2.85. The van der Waals surface area contributed by atoms with E-state index in [1.807, 2.05) is 45.0 Å². The van der Waals surface area contributed by atoms with Crippen molar-refractivity contribution < 1.29 is 9.53 Å². The summed E-state index contributed by atoms with van der Waals surface area (Å²) in [5.74, 6) is 2.15. The second kappa shape index (κ2) is 14.2. The summed E-state index contributed by atoms with van der Waals surface area (Å²) < 4.78 is 5.71. The molecule has 1 aliphatic rings. The van der Waals surface area contributed by atoms with Crippen LogP contribution in [0.5, 0.6) is 5.75 Å². The third-order valence-corrected chi connectivity index (χ3v) is 6.06. The Hall–Kier alpha value is -2.46. The molecule has 0 aromatic heterocycles. The number of rotatable bonds is 13. The fourth-order valence-corrected chi connectivity index (χ4v) is 3.10. The zero-order valence-electron chi connectivity index (χ0n) is 21.0. The zero-order valence-corrected chi connectivity index (χ0v) is 21.7. The first kappa shape index (κ1) is 28.8. The van der Waals surface area contributed by atoms with E-state index in [0.717, 1.165) is 11.3 Å². The first-order valence-electron chi connectivity index (χ1n) is 11.9. The van der Waals surface area contributed by atoms with Crippen LogP contribution in [0.4, 0.5) is 0 Å². The number of aliphatic imine (C=N–C) groups is 2. The number of benzene rings is 1. The van der Waals surface area contributed by atoms with Gasteiger partial charge in [0.25, 0.3) is 0 Å². The second-order valence-electron chi connectivity index (χ2n) is 9.76. The molecule has 194 valence electrons. The molecule has 0 aliphatic carbocycles. The van der Waals surface area contributed by atoms with Crippen LogP contribution in [0.2, 0.25) is 0 Å². The van der Waals surface area contributed by atoms with Gasteiger partial charge in [-0.15, -0.1) is 11.6 Å². The van der Waals surface area contributed by atoms with Gasteiger partial charge in [0.1, 0.15) is 17.4 Å². The molecule has 0 spiro atoms. The Morgan fingerprint density at radius 1 is 1.34 bits per heavy atom. The van der Waals surface area contributed by atoms with E-state index in [-0.39, 0.29) is 23.4 Å². The molecule has 3 unspecified atom stereocenters. The number of carbonyl (C=O) groups excluding carboxylic acids is 1. The van der Waals surface area contributed by atoms with E-state index in [2.05, 4.69) is 20.6 Å². The lowest BCUT2D eigenvalue weighted by Crippen LogP contribution is -2.41. The van der Waals surface area contributed by atoms with Crippen LogP contribution in [-0.4, -0.2) is 55.9 Å². The molecule has 1 aromatic rings. The number of dihydropyridines is 1. The summed E-state index contributed by atoms with van der Waals surface area (Å²) in [5.41, 5.74) is 18.9. The molecule has 10 heteroatoms. The van der Waals surface area contributed by atoms with Crippen molar-refractivity contribution in [1.29, 1.82) is 0 Å². The van der Waals surface area contributed by atoms with Crippen LogP contribution in [-0.2, 0) is 11.3 Å². The standard InChI is InChI=1S/C25H40ClN7O2/c1-17(11-26)14-35-20-7-4-18(5-8-20)12-30-21(28)10-22(29)33-23-9-6-19(13-31-23)24(34)32-16-25(2,3)15-27/h4-9,17,19,21,30H,10-16,27-28H2,1-3H3,(H,32,34)(H2,29,31,33). The third kappa shape index (κ3) is 10.8. The molecule has 1 aliphatic heterocycles. The smallest absolute Gasteiger partial charge is 0.228 e. The van der Waals surface area contributed by atoms with Crippen molar-refractivity contribution in [3.05, 3.63) is 42.0 Å². The number of hydrogen-bond donors (Lipinski definition) is 5. The van der Waals surface area contributed by atoms with Gasteiger partial charge in [0.2, 0.25) is 5.91 Å². The van der Waals surface area contributed by atoms with E-state index in [9.17, 15) is 4.79 Å². The summed E-state index contributed by atoms with van der Waals surface area (Å²) >= 11 is 5.80. The fourth-order valence-electron chi connectivity index (χ4n) is 3.01. The monoisotopic (exact) mass is 505 g/mol. The minimum Gasteiger partial charge on any atom is -0.493 e. The second-order valence-corrected chi connectivity index (χ2v) is 10.1. The van der Waals surface area contributed by atoms with Gasteiger partial charge in [-0.05, 0) is 35.7 Å². The van der Waals surface area contributed by atoms with Gasteiger partial charge >= 0.3 is 0 Å². The summed E-state index contributed by atoms with van der Waals surface area (Å²) in [6.07, 6.45) is 3.51. The maximum absolute atomic E-state index is 12.3. The highest BCUT2D eigenvalue weighted by Crippen LogP contribution is 2.14. The van der Waals surface area contributed by atoms with Crippen LogP contribution in [0.15, 0.2) is 46.4 Å². The summed E-state index contributed by atoms with van der Waals surface area (Å²) in [6.45, 7) is 8.58. The largest absolute Gasteiger partial charge is 0.493 e. The number of nitrogens with one attached hydrogen (secondary N) is 2. The first-order chi connectivity index (χ1) is 16.6. The molecule has 1 heterocycles. The molecule has 0 fully saturated rings. The number of nitrogens with two attached hydrogens (primary N) is 3.